The average molecular weight is 475 g/mol. The lowest BCUT2D eigenvalue weighted by molar-refractivity contribution is -0.140. The van der Waals surface area contributed by atoms with Crippen LogP contribution in [0.25, 0.3) is 5.76 Å². The molecular formula is C28H27FN2O4. The zero-order valence-corrected chi connectivity index (χ0v) is 20.1. The number of likely N-dealkylation sites (tertiary alicyclic amines) is 1. The number of benzene rings is 2. The molecule has 4 rings (SSSR count). The predicted molar refractivity (Wildman–Crippen MR) is 130 cm³/mol. The van der Waals surface area contributed by atoms with Crippen LogP contribution >= 0.6 is 0 Å². The number of methoxy groups -OCH3 is 1. The topological polar surface area (TPSA) is 79.7 Å². The zero-order chi connectivity index (χ0) is 25.3. The predicted octanol–water partition coefficient (Wildman–Crippen LogP) is 5.15. The largest absolute Gasteiger partial charge is 0.507 e. The summed E-state index contributed by atoms with van der Waals surface area (Å²) in [5, 5.41) is 11.5. The number of hydrogen-bond acceptors (Lipinski definition) is 5. The maximum atomic E-state index is 13.7. The number of Topliss-reactive ketones (excluding diaryl/α,β-unsaturated/α-hetero) is 1. The van der Waals surface area contributed by atoms with E-state index in [1.807, 2.05) is 26.8 Å². The van der Waals surface area contributed by atoms with E-state index in [2.05, 4.69) is 4.98 Å². The molecule has 35 heavy (non-hydrogen) atoms. The van der Waals surface area contributed by atoms with Gasteiger partial charge in [-0.3, -0.25) is 14.6 Å². The van der Waals surface area contributed by atoms with Gasteiger partial charge >= 0.3 is 0 Å². The Hall–Kier alpha value is -4.00. The number of aromatic nitrogens is 1. The number of aliphatic hydroxyl groups is 1. The van der Waals surface area contributed by atoms with Gasteiger partial charge in [0.15, 0.2) is 0 Å². The Morgan fingerprint density at radius 2 is 1.80 bits per heavy atom. The zero-order valence-electron chi connectivity index (χ0n) is 20.1. The molecule has 1 saturated heterocycles. The molecule has 1 aliphatic heterocycles. The lowest BCUT2D eigenvalue weighted by atomic mass is 9.85. The van der Waals surface area contributed by atoms with Gasteiger partial charge in [-0.1, -0.05) is 45.0 Å². The molecule has 1 fully saturated rings. The monoisotopic (exact) mass is 474 g/mol. The molecular weight excluding hydrogens is 447 g/mol. The number of nitrogens with zero attached hydrogens (tertiary/aromatic N) is 2. The van der Waals surface area contributed by atoms with Gasteiger partial charge in [0.2, 0.25) is 0 Å². The number of amides is 1. The minimum Gasteiger partial charge on any atom is -0.507 e. The molecule has 6 nitrogen and oxygen atoms in total. The van der Waals surface area contributed by atoms with E-state index in [0.717, 1.165) is 5.56 Å². The summed E-state index contributed by atoms with van der Waals surface area (Å²) in [6.07, 6.45) is 1.60. The van der Waals surface area contributed by atoms with E-state index in [-0.39, 0.29) is 23.3 Å². The van der Waals surface area contributed by atoms with Gasteiger partial charge < -0.3 is 14.7 Å². The van der Waals surface area contributed by atoms with Crippen molar-refractivity contribution in [1.82, 2.24) is 9.88 Å². The van der Waals surface area contributed by atoms with E-state index in [1.54, 1.807) is 36.5 Å². The Kier molecular flexibility index (Phi) is 6.43. The number of carbonyl (C=O) groups excluding carboxylic acids is 2. The van der Waals surface area contributed by atoms with Crippen LogP contribution in [0.3, 0.4) is 0 Å². The van der Waals surface area contributed by atoms with E-state index >= 15 is 0 Å². The second-order valence-electron chi connectivity index (χ2n) is 9.46. The maximum absolute atomic E-state index is 13.7. The molecule has 1 N–H and O–H groups in total. The van der Waals surface area contributed by atoms with E-state index in [0.29, 0.717) is 22.6 Å². The average Bonchev–Trinajstić information content (AvgIpc) is 3.08. The van der Waals surface area contributed by atoms with Crippen LogP contribution in [-0.4, -0.2) is 33.8 Å². The number of ether oxygens (including phenoxy) is 1. The van der Waals surface area contributed by atoms with Gasteiger partial charge in [0, 0.05) is 6.20 Å². The number of hydrogen-bond donors (Lipinski definition) is 1. The highest BCUT2D eigenvalue weighted by Crippen LogP contribution is 2.42. The normalized spacial score (nSPS) is 17.6. The number of ketones is 1. The van der Waals surface area contributed by atoms with Crippen molar-refractivity contribution in [2.24, 2.45) is 0 Å². The molecule has 1 unspecified atom stereocenters. The summed E-state index contributed by atoms with van der Waals surface area (Å²) >= 11 is 0. The minimum absolute atomic E-state index is 0.0450. The third-order valence-corrected chi connectivity index (χ3v) is 6.10. The first kappa shape index (κ1) is 24.1. The van der Waals surface area contributed by atoms with Gasteiger partial charge in [0.05, 0.1) is 36.5 Å². The summed E-state index contributed by atoms with van der Waals surface area (Å²) in [5.74, 6) is -2.02. The van der Waals surface area contributed by atoms with Gasteiger partial charge in [-0.2, -0.15) is 0 Å². The van der Waals surface area contributed by atoms with Gasteiger partial charge in [-0.25, -0.2) is 4.39 Å². The molecule has 0 radical (unpaired) electrons. The lowest BCUT2D eigenvalue weighted by Gasteiger charge is -2.25. The van der Waals surface area contributed by atoms with Gasteiger partial charge in [-0.05, 0) is 52.9 Å². The first-order valence-corrected chi connectivity index (χ1v) is 11.2. The highest BCUT2D eigenvalue weighted by Gasteiger charge is 2.46. The summed E-state index contributed by atoms with van der Waals surface area (Å²) in [4.78, 5) is 32.1. The highest BCUT2D eigenvalue weighted by molar-refractivity contribution is 6.46. The van der Waals surface area contributed by atoms with Crippen LogP contribution in [0.4, 0.5) is 4.39 Å². The van der Waals surface area contributed by atoms with Gasteiger partial charge in [0.25, 0.3) is 11.7 Å². The Bertz CT molecular complexity index is 1290. The summed E-state index contributed by atoms with van der Waals surface area (Å²) in [5.41, 5.74) is 1.98. The molecule has 2 aromatic carbocycles. The number of carbonyl (C=O) groups is 2. The van der Waals surface area contributed by atoms with Crippen molar-refractivity contribution in [3.8, 4) is 5.75 Å². The minimum atomic E-state index is -0.930. The molecule has 1 atom stereocenters. The Morgan fingerprint density at radius 3 is 2.40 bits per heavy atom. The SMILES string of the molecule is COc1ccc(C(C)(C)C)cc1/C(O)=C1\C(=O)C(=O)N(Cc2ccccn2)C1c1ccc(F)cc1. The number of aliphatic hydroxyl groups excluding tert-OH is 1. The molecule has 180 valence electrons. The quantitative estimate of drug-likeness (QED) is 0.314. The molecule has 1 aromatic heterocycles. The van der Waals surface area contributed by atoms with E-state index in [1.165, 1.54) is 36.3 Å². The van der Waals surface area contributed by atoms with Crippen molar-refractivity contribution < 1.29 is 23.8 Å². The maximum Gasteiger partial charge on any atom is 0.296 e. The Labute approximate surface area is 203 Å². The van der Waals surface area contributed by atoms with Gasteiger partial charge in [0.1, 0.15) is 17.3 Å². The molecule has 1 amide bonds. The van der Waals surface area contributed by atoms with Crippen molar-refractivity contribution in [2.75, 3.05) is 7.11 Å². The van der Waals surface area contributed by atoms with Crippen molar-refractivity contribution in [3.63, 3.8) is 0 Å². The summed E-state index contributed by atoms with van der Waals surface area (Å²) in [6, 6.07) is 15.3. The molecule has 0 aliphatic carbocycles. The molecule has 7 heteroatoms. The lowest BCUT2D eigenvalue weighted by Crippen LogP contribution is -2.29. The second-order valence-corrected chi connectivity index (χ2v) is 9.46. The summed E-state index contributed by atoms with van der Waals surface area (Å²) < 4.78 is 19.2. The third kappa shape index (κ3) is 4.67. The van der Waals surface area contributed by atoms with Crippen LogP contribution < -0.4 is 4.74 Å². The fraction of sp³-hybridized carbons (Fsp3) is 0.250. The van der Waals surface area contributed by atoms with Crippen LogP contribution in [0.1, 0.15) is 49.2 Å². The molecule has 0 saturated carbocycles. The van der Waals surface area contributed by atoms with Crippen LogP contribution in [0.5, 0.6) is 5.75 Å². The van der Waals surface area contributed by atoms with Crippen molar-refractivity contribution >= 4 is 17.4 Å². The van der Waals surface area contributed by atoms with Crippen LogP contribution in [0.2, 0.25) is 0 Å². The number of rotatable bonds is 5. The smallest absolute Gasteiger partial charge is 0.296 e. The van der Waals surface area contributed by atoms with Crippen LogP contribution in [0.15, 0.2) is 72.4 Å². The molecule has 0 bridgehead atoms. The summed E-state index contributed by atoms with van der Waals surface area (Å²) in [7, 11) is 1.47. The Balaban J connectivity index is 1.92. The fourth-order valence-corrected chi connectivity index (χ4v) is 4.21. The van der Waals surface area contributed by atoms with Gasteiger partial charge in [-0.15, -0.1) is 0 Å². The summed E-state index contributed by atoms with van der Waals surface area (Å²) in [6.45, 7) is 6.14. The Morgan fingerprint density at radius 1 is 1.09 bits per heavy atom. The van der Waals surface area contributed by atoms with Crippen LogP contribution in [0, 0.1) is 5.82 Å². The van der Waals surface area contributed by atoms with Crippen molar-refractivity contribution in [2.45, 2.75) is 38.8 Å². The second kappa shape index (κ2) is 9.33. The highest BCUT2D eigenvalue weighted by atomic mass is 19.1. The molecule has 1 aliphatic rings. The molecule has 0 spiro atoms. The van der Waals surface area contributed by atoms with Crippen molar-refractivity contribution in [3.05, 3.63) is 101 Å². The first-order valence-electron chi connectivity index (χ1n) is 11.2. The van der Waals surface area contributed by atoms with E-state index in [9.17, 15) is 19.1 Å². The van der Waals surface area contributed by atoms with E-state index in [4.69, 9.17) is 4.74 Å². The van der Waals surface area contributed by atoms with Crippen molar-refractivity contribution in [1.29, 1.82) is 0 Å². The number of halogens is 1. The van der Waals surface area contributed by atoms with E-state index < -0.39 is 23.5 Å². The molecule has 3 aromatic rings. The fourth-order valence-electron chi connectivity index (χ4n) is 4.21. The first-order chi connectivity index (χ1) is 16.6. The third-order valence-electron chi connectivity index (χ3n) is 6.10. The van der Waals surface area contributed by atoms with Crippen LogP contribution in [-0.2, 0) is 21.5 Å². The number of pyridine rings is 1. The molecule has 2 heterocycles. The standard InChI is InChI=1S/C28H27FN2O4/c1-28(2,3)18-10-13-22(35-4)21(15-18)25(32)23-24(17-8-11-19(29)12-9-17)31(27(34)26(23)33)16-20-7-5-6-14-30-20/h5-15,24,32H,16H2,1-4H3/b25-23+.